The van der Waals surface area contributed by atoms with Crippen LogP contribution in [0.15, 0.2) is 35.2 Å². The minimum atomic E-state index is -3.64. The van der Waals surface area contributed by atoms with Gasteiger partial charge in [-0.05, 0) is 48.7 Å². The molecule has 8 nitrogen and oxygen atoms in total. The lowest BCUT2D eigenvalue weighted by atomic mass is 10.1. The summed E-state index contributed by atoms with van der Waals surface area (Å²) < 4.78 is 43.3. The molecule has 164 valence electrons. The third kappa shape index (κ3) is 5.87. The second-order valence-electron chi connectivity index (χ2n) is 6.73. The van der Waals surface area contributed by atoms with Gasteiger partial charge in [-0.25, -0.2) is 13.1 Å². The van der Waals surface area contributed by atoms with Crippen molar-refractivity contribution in [2.45, 2.75) is 25.2 Å². The van der Waals surface area contributed by atoms with Crippen LogP contribution < -0.4 is 24.2 Å². The summed E-state index contributed by atoms with van der Waals surface area (Å²) in [6.45, 7) is 3.82. The molecule has 30 heavy (non-hydrogen) atoms. The number of benzene rings is 2. The Morgan fingerprint density at radius 1 is 0.933 bits per heavy atom. The van der Waals surface area contributed by atoms with Gasteiger partial charge in [0.2, 0.25) is 21.7 Å². The van der Waals surface area contributed by atoms with Crippen LogP contribution in [0.25, 0.3) is 0 Å². The molecule has 0 unspecified atom stereocenters. The number of rotatable bonds is 10. The van der Waals surface area contributed by atoms with Crippen LogP contribution in [0.2, 0.25) is 0 Å². The number of ether oxygens (including phenoxy) is 3. The van der Waals surface area contributed by atoms with Gasteiger partial charge in [0.1, 0.15) is 0 Å². The molecule has 2 aromatic rings. The lowest BCUT2D eigenvalue weighted by molar-refractivity contribution is -0.120. The molecular weight excluding hydrogens is 408 g/mol. The molecule has 2 N–H and O–H groups in total. The summed E-state index contributed by atoms with van der Waals surface area (Å²) in [5.74, 6) is 1.11. The number of hydrogen-bond acceptors (Lipinski definition) is 6. The van der Waals surface area contributed by atoms with Gasteiger partial charge in [0.05, 0.1) is 32.6 Å². The molecule has 0 spiro atoms. The number of sulfonamides is 1. The lowest BCUT2D eigenvalue weighted by Crippen LogP contribution is -2.35. The summed E-state index contributed by atoms with van der Waals surface area (Å²) in [6.07, 6.45) is 0.0838. The molecule has 0 aromatic heterocycles. The maximum absolute atomic E-state index is 12.5. The number of hydrogen-bond donors (Lipinski definition) is 2. The number of carbonyl (C=O) groups is 1. The maximum Gasteiger partial charge on any atom is 0.240 e. The van der Waals surface area contributed by atoms with Crippen LogP contribution in [-0.4, -0.2) is 48.7 Å². The Labute approximate surface area is 177 Å². The zero-order chi connectivity index (χ0) is 22.3. The monoisotopic (exact) mass is 436 g/mol. The van der Waals surface area contributed by atoms with Crippen molar-refractivity contribution >= 4 is 15.9 Å². The van der Waals surface area contributed by atoms with Crippen LogP contribution in [0.4, 0.5) is 0 Å². The summed E-state index contributed by atoms with van der Waals surface area (Å²) in [7, 11) is 0.868. The number of aryl methyl sites for hydroxylation is 2. The van der Waals surface area contributed by atoms with Crippen molar-refractivity contribution in [3.8, 4) is 17.2 Å². The highest BCUT2D eigenvalue weighted by Crippen LogP contribution is 2.38. The first-order valence-electron chi connectivity index (χ1n) is 9.34. The molecule has 0 atom stereocenters. The van der Waals surface area contributed by atoms with Crippen LogP contribution in [-0.2, 0) is 21.2 Å². The van der Waals surface area contributed by atoms with E-state index in [1.807, 2.05) is 13.0 Å². The molecule has 0 fully saturated rings. The zero-order valence-electron chi connectivity index (χ0n) is 17.9. The Morgan fingerprint density at radius 3 is 2.13 bits per heavy atom. The Balaban J connectivity index is 1.93. The van der Waals surface area contributed by atoms with Crippen LogP contribution in [0, 0.1) is 13.8 Å². The van der Waals surface area contributed by atoms with E-state index in [1.165, 1.54) is 21.3 Å². The zero-order valence-corrected chi connectivity index (χ0v) is 18.7. The molecule has 0 heterocycles. The Hall–Kier alpha value is -2.78. The first-order valence-corrected chi connectivity index (χ1v) is 10.8. The van der Waals surface area contributed by atoms with Gasteiger partial charge in [-0.3, -0.25) is 4.79 Å². The van der Waals surface area contributed by atoms with E-state index in [0.717, 1.165) is 5.56 Å². The number of nitrogens with one attached hydrogen (secondary N) is 2. The minimum absolute atomic E-state index is 0.0801. The molecule has 0 aliphatic rings. The van der Waals surface area contributed by atoms with Gasteiger partial charge in [-0.15, -0.1) is 0 Å². The predicted molar refractivity (Wildman–Crippen MR) is 114 cm³/mol. The topological polar surface area (TPSA) is 103 Å². The fraction of sp³-hybridized carbons (Fsp3) is 0.381. The van der Waals surface area contributed by atoms with Crippen molar-refractivity contribution in [2.24, 2.45) is 0 Å². The lowest BCUT2D eigenvalue weighted by Gasteiger charge is -2.14. The van der Waals surface area contributed by atoms with E-state index in [0.29, 0.717) is 28.4 Å². The summed E-state index contributed by atoms with van der Waals surface area (Å²) in [5.41, 5.74) is 2.21. The van der Waals surface area contributed by atoms with Crippen molar-refractivity contribution in [1.29, 1.82) is 0 Å². The molecule has 0 bridgehead atoms. The van der Waals surface area contributed by atoms with Crippen molar-refractivity contribution in [1.82, 2.24) is 10.0 Å². The Bertz CT molecular complexity index is 980. The largest absolute Gasteiger partial charge is 0.493 e. The number of carbonyl (C=O) groups excluding carboxylic acids is 1. The summed E-state index contributed by atoms with van der Waals surface area (Å²) in [5, 5.41) is 2.71. The van der Waals surface area contributed by atoms with Crippen molar-refractivity contribution in [2.75, 3.05) is 34.4 Å². The van der Waals surface area contributed by atoms with Crippen LogP contribution in [0.5, 0.6) is 17.2 Å². The SMILES string of the molecule is COc1cc(CC(=O)NCCNS(=O)(=O)c2cc(C)ccc2C)cc(OC)c1OC. The molecule has 0 saturated heterocycles. The molecule has 2 rings (SSSR count). The maximum atomic E-state index is 12.5. The average Bonchev–Trinajstić information content (AvgIpc) is 2.72. The van der Waals surface area contributed by atoms with E-state index in [2.05, 4.69) is 10.0 Å². The van der Waals surface area contributed by atoms with Crippen LogP contribution in [0.3, 0.4) is 0 Å². The Kier molecular flexibility index (Phi) is 8.08. The highest BCUT2D eigenvalue weighted by Gasteiger charge is 2.17. The first kappa shape index (κ1) is 23.5. The van der Waals surface area contributed by atoms with Crippen molar-refractivity contribution in [3.63, 3.8) is 0 Å². The van der Waals surface area contributed by atoms with Crippen molar-refractivity contribution < 1.29 is 27.4 Å². The standard InChI is InChI=1S/C21H28N2O6S/c1-14-6-7-15(2)19(10-14)30(25,26)23-9-8-22-20(24)13-16-11-17(27-3)21(29-5)18(12-16)28-4/h6-7,10-12,23H,8-9,13H2,1-5H3,(H,22,24). The van der Waals surface area contributed by atoms with E-state index in [9.17, 15) is 13.2 Å². The third-order valence-corrected chi connectivity index (χ3v) is 6.06. The molecule has 2 aromatic carbocycles. The molecule has 9 heteroatoms. The minimum Gasteiger partial charge on any atom is -0.493 e. The van der Waals surface area contributed by atoms with Gasteiger partial charge in [0, 0.05) is 13.1 Å². The van der Waals surface area contributed by atoms with Gasteiger partial charge >= 0.3 is 0 Å². The van der Waals surface area contributed by atoms with Gasteiger partial charge in [0.15, 0.2) is 11.5 Å². The third-order valence-electron chi connectivity index (χ3n) is 4.46. The quantitative estimate of drug-likeness (QED) is 0.552. The molecule has 0 radical (unpaired) electrons. The number of methoxy groups -OCH3 is 3. The van der Waals surface area contributed by atoms with E-state index >= 15 is 0 Å². The first-order chi connectivity index (χ1) is 14.2. The van der Waals surface area contributed by atoms with E-state index in [4.69, 9.17) is 14.2 Å². The second-order valence-corrected chi connectivity index (χ2v) is 8.46. The highest BCUT2D eigenvalue weighted by molar-refractivity contribution is 7.89. The van der Waals surface area contributed by atoms with Crippen molar-refractivity contribution in [3.05, 3.63) is 47.0 Å². The molecule has 0 aliphatic carbocycles. The molecule has 0 aliphatic heterocycles. The fourth-order valence-electron chi connectivity index (χ4n) is 2.95. The molecular formula is C21H28N2O6S. The Morgan fingerprint density at radius 2 is 1.57 bits per heavy atom. The van der Waals surface area contributed by atoms with E-state index < -0.39 is 10.0 Å². The van der Waals surface area contributed by atoms with Crippen LogP contribution >= 0.6 is 0 Å². The molecule has 1 amide bonds. The fourth-order valence-corrected chi connectivity index (χ4v) is 4.31. The van der Waals surface area contributed by atoms with Gasteiger partial charge in [-0.2, -0.15) is 0 Å². The normalized spacial score (nSPS) is 11.1. The van der Waals surface area contributed by atoms with E-state index in [1.54, 1.807) is 31.2 Å². The van der Waals surface area contributed by atoms with Gasteiger partial charge in [-0.1, -0.05) is 12.1 Å². The smallest absolute Gasteiger partial charge is 0.240 e. The second kappa shape index (κ2) is 10.3. The summed E-state index contributed by atoms with van der Waals surface area (Å²) in [6, 6.07) is 8.65. The van der Waals surface area contributed by atoms with Gasteiger partial charge < -0.3 is 19.5 Å². The predicted octanol–water partition coefficient (Wildman–Crippen LogP) is 1.97. The van der Waals surface area contributed by atoms with Crippen LogP contribution in [0.1, 0.15) is 16.7 Å². The summed E-state index contributed by atoms with van der Waals surface area (Å²) >= 11 is 0. The van der Waals surface area contributed by atoms with E-state index in [-0.39, 0.29) is 30.3 Å². The van der Waals surface area contributed by atoms with Gasteiger partial charge in [0.25, 0.3) is 0 Å². The summed E-state index contributed by atoms with van der Waals surface area (Å²) in [4.78, 5) is 12.5. The highest BCUT2D eigenvalue weighted by atomic mass is 32.2. The number of amides is 1. The molecule has 0 saturated carbocycles. The average molecular weight is 437 g/mol.